The predicted molar refractivity (Wildman–Crippen MR) is 63.1 cm³/mol. The smallest absolute Gasteiger partial charge is 0.221 e. The van der Waals surface area contributed by atoms with Crippen molar-refractivity contribution in [1.29, 1.82) is 0 Å². The van der Waals surface area contributed by atoms with Crippen LogP contribution in [0.4, 0.5) is 11.5 Å². The standard InChI is InChI=1S/C11H16N4O/c12-9-3-1-5-14-11(9)15-7-2-6-13-10(16)4-8-15/h1,3,5H,2,4,6-8,12H2,(H,13,16). The average Bonchev–Trinajstić information content (AvgIpc) is 2.26. The Balaban J connectivity index is 2.13. The zero-order valence-corrected chi connectivity index (χ0v) is 9.15. The van der Waals surface area contributed by atoms with E-state index in [-0.39, 0.29) is 5.91 Å². The summed E-state index contributed by atoms with van der Waals surface area (Å²) in [5.74, 6) is 0.886. The fraction of sp³-hybridized carbons (Fsp3) is 0.455. The van der Waals surface area contributed by atoms with Crippen LogP contribution in [0.1, 0.15) is 12.8 Å². The number of nitrogens with two attached hydrogens (primary N) is 1. The predicted octanol–water partition coefficient (Wildman–Crippen LogP) is 0.380. The summed E-state index contributed by atoms with van der Waals surface area (Å²) in [5.41, 5.74) is 6.54. The van der Waals surface area contributed by atoms with Crippen molar-refractivity contribution >= 4 is 17.4 Å². The van der Waals surface area contributed by atoms with Gasteiger partial charge in [-0.05, 0) is 18.6 Å². The molecule has 1 aliphatic heterocycles. The Morgan fingerprint density at radius 2 is 2.31 bits per heavy atom. The van der Waals surface area contributed by atoms with Gasteiger partial charge in [-0.15, -0.1) is 0 Å². The van der Waals surface area contributed by atoms with Crippen molar-refractivity contribution in [3.8, 4) is 0 Å². The van der Waals surface area contributed by atoms with Crippen molar-refractivity contribution in [2.75, 3.05) is 30.3 Å². The molecule has 1 aliphatic rings. The maximum Gasteiger partial charge on any atom is 0.221 e. The normalized spacial score (nSPS) is 17.5. The molecular formula is C11H16N4O. The summed E-state index contributed by atoms with van der Waals surface area (Å²) in [6.07, 6.45) is 3.14. The Bertz CT molecular complexity index is 380. The molecule has 16 heavy (non-hydrogen) atoms. The highest BCUT2D eigenvalue weighted by atomic mass is 16.1. The van der Waals surface area contributed by atoms with Gasteiger partial charge in [-0.1, -0.05) is 0 Å². The number of amides is 1. The molecule has 5 heteroatoms. The summed E-state index contributed by atoms with van der Waals surface area (Å²) in [5, 5.41) is 2.85. The number of nitrogens with one attached hydrogen (secondary N) is 1. The lowest BCUT2D eigenvalue weighted by molar-refractivity contribution is -0.121. The minimum atomic E-state index is 0.0965. The van der Waals surface area contributed by atoms with Gasteiger partial charge in [-0.3, -0.25) is 4.79 Å². The summed E-state index contributed by atoms with van der Waals surface area (Å²) in [6.45, 7) is 2.27. The zero-order chi connectivity index (χ0) is 11.4. The number of nitrogen functional groups attached to an aromatic ring is 1. The fourth-order valence-electron chi connectivity index (χ4n) is 1.82. The van der Waals surface area contributed by atoms with Gasteiger partial charge in [0.15, 0.2) is 5.82 Å². The maximum absolute atomic E-state index is 11.3. The van der Waals surface area contributed by atoms with Crippen molar-refractivity contribution in [1.82, 2.24) is 10.3 Å². The van der Waals surface area contributed by atoms with Crippen LogP contribution in [0.15, 0.2) is 18.3 Å². The van der Waals surface area contributed by atoms with Gasteiger partial charge in [0, 0.05) is 32.3 Å². The van der Waals surface area contributed by atoms with E-state index in [1.165, 1.54) is 0 Å². The molecule has 2 heterocycles. The van der Waals surface area contributed by atoms with Crippen LogP contribution in [0, 0.1) is 0 Å². The van der Waals surface area contributed by atoms with E-state index in [2.05, 4.69) is 15.2 Å². The Morgan fingerprint density at radius 1 is 1.44 bits per heavy atom. The first kappa shape index (κ1) is 10.7. The first-order chi connectivity index (χ1) is 7.77. The van der Waals surface area contributed by atoms with Crippen LogP contribution in [0.5, 0.6) is 0 Å². The molecular weight excluding hydrogens is 204 g/mol. The lowest BCUT2D eigenvalue weighted by Gasteiger charge is -2.26. The van der Waals surface area contributed by atoms with E-state index in [1.807, 2.05) is 12.1 Å². The number of rotatable bonds is 1. The molecule has 0 spiro atoms. The number of hydrogen-bond acceptors (Lipinski definition) is 4. The molecule has 1 aromatic heterocycles. The number of nitrogens with zero attached hydrogens (tertiary/aromatic N) is 2. The molecule has 0 bridgehead atoms. The van der Waals surface area contributed by atoms with Crippen molar-refractivity contribution in [2.45, 2.75) is 12.8 Å². The second-order valence-electron chi connectivity index (χ2n) is 3.86. The van der Waals surface area contributed by atoms with Gasteiger partial charge in [-0.25, -0.2) is 4.98 Å². The highest BCUT2D eigenvalue weighted by Gasteiger charge is 2.14. The van der Waals surface area contributed by atoms with E-state index in [1.54, 1.807) is 6.20 Å². The van der Waals surface area contributed by atoms with Crippen LogP contribution in [0.3, 0.4) is 0 Å². The number of aromatic nitrogens is 1. The number of carbonyl (C=O) groups excluding carboxylic acids is 1. The Kier molecular flexibility index (Phi) is 3.24. The highest BCUT2D eigenvalue weighted by Crippen LogP contribution is 2.19. The van der Waals surface area contributed by atoms with Crippen molar-refractivity contribution in [3.63, 3.8) is 0 Å². The van der Waals surface area contributed by atoms with E-state index in [0.29, 0.717) is 18.7 Å². The summed E-state index contributed by atoms with van der Waals surface area (Å²) in [4.78, 5) is 17.7. The molecule has 1 fully saturated rings. The van der Waals surface area contributed by atoms with Crippen LogP contribution < -0.4 is 16.0 Å². The Labute approximate surface area is 94.6 Å². The maximum atomic E-state index is 11.3. The lowest BCUT2D eigenvalue weighted by Crippen LogP contribution is -2.37. The SMILES string of the molecule is Nc1cccnc1N1CCCNC(=O)CC1. The van der Waals surface area contributed by atoms with Crippen molar-refractivity contribution in [3.05, 3.63) is 18.3 Å². The molecule has 1 aromatic rings. The summed E-state index contributed by atoms with van der Waals surface area (Å²) < 4.78 is 0. The molecule has 1 amide bonds. The van der Waals surface area contributed by atoms with Crippen LogP contribution >= 0.6 is 0 Å². The van der Waals surface area contributed by atoms with Crippen molar-refractivity contribution in [2.24, 2.45) is 0 Å². The van der Waals surface area contributed by atoms with Gasteiger partial charge in [-0.2, -0.15) is 0 Å². The third-order valence-corrected chi connectivity index (χ3v) is 2.65. The van der Waals surface area contributed by atoms with Gasteiger partial charge in [0.05, 0.1) is 5.69 Å². The van der Waals surface area contributed by atoms with E-state index in [4.69, 9.17) is 5.73 Å². The first-order valence-electron chi connectivity index (χ1n) is 5.49. The van der Waals surface area contributed by atoms with E-state index in [0.717, 1.165) is 25.3 Å². The second-order valence-corrected chi connectivity index (χ2v) is 3.86. The van der Waals surface area contributed by atoms with Crippen LogP contribution in [-0.4, -0.2) is 30.5 Å². The van der Waals surface area contributed by atoms with Gasteiger partial charge in [0.25, 0.3) is 0 Å². The quantitative estimate of drug-likeness (QED) is 0.717. The molecule has 5 nitrogen and oxygen atoms in total. The number of pyridine rings is 1. The Morgan fingerprint density at radius 3 is 3.12 bits per heavy atom. The molecule has 1 saturated heterocycles. The summed E-state index contributed by atoms with van der Waals surface area (Å²) in [6, 6.07) is 3.65. The first-order valence-corrected chi connectivity index (χ1v) is 5.49. The summed E-state index contributed by atoms with van der Waals surface area (Å²) in [7, 11) is 0. The van der Waals surface area contributed by atoms with Gasteiger partial charge < -0.3 is 16.0 Å². The topological polar surface area (TPSA) is 71.2 Å². The van der Waals surface area contributed by atoms with E-state index >= 15 is 0 Å². The molecule has 2 rings (SSSR count). The highest BCUT2D eigenvalue weighted by molar-refractivity contribution is 5.77. The van der Waals surface area contributed by atoms with Gasteiger partial charge >= 0.3 is 0 Å². The largest absolute Gasteiger partial charge is 0.396 e. The fourth-order valence-corrected chi connectivity index (χ4v) is 1.82. The minimum absolute atomic E-state index is 0.0965. The molecule has 0 atom stereocenters. The van der Waals surface area contributed by atoms with Crippen LogP contribution in [0.2, 0.25) is 0 Å². The molecule has 0 radical (unpaired) electrons. The molecule has 86 valence electrons. The molecule has 3 N–H and O–H groups in total. The van der Waals surface area contributed by atoms with Crippen LogP contribution in [-0.2, 0) is 4.79 Å². The average molecular weight is 220 g/mol. The molecule has 0 unspecified atom stereocenters. The molecule has 0 saturated carbocycles. The van der Waals surface area contributed by atoms with E-state index in [9.17, 15) is 4.79 Å². The molecule has 0 aromatic carbocycles. The van der Waals surface area contributed by atoms with Gasteiger partial charge in [0.1, 0.15) is 0 Å². The Hall–Kier alpha value is -1.78. The monoisotopic (exact) mass is 220 g/mol. The third-order valence-electron chi connectivity index (χ3n) is 2.65. The lowest BCUT2D eigenvalue weighted by atomic mass is 10.2. The second kappa shape index (κ2) is 4.83. The zero-order valence-electron chi connectivity index (χ0n) is 9.15. The van der Waals surface area contributed by atoms with Gasteiger partial charge in [0.2, 0.25) is 5.91 Å². The van der Waals surface area contributed by atoms with E-state index < -0.39 is 0 Å². The molecule has 0 aliphatic carbocycles. The third kappa shape index (κ3) is 2.42. The number of carbonyl (C=O) groups is 1. The minimum Gasteiger partial charge on any atom is -0.396 e. The van der Waals surface area contributed by atoms with Crippen molar-refractivity contribution < 1.29 is 4.79 Å². The summed E-state index contributed by atoms with van der Waals surface area (Å²) >= 11 is 0. The number of hydrogen-bond donors (Lipinski definition) is 2. The number of anilines is 2. The van der Waals surface area contributed by atoms with Crippen LogP contribution in [0.25, 0.3) is 0 Å².